The number of halogens is 2. The summed E-state index contributed by atoms with van der Waals surface area (Å²) in [5, 5.41) is 10.8. The molecule has 0 unspecified atom stereocenters. The van der Waals surface area contributed by atoms with Crippen LogP contribution in [0.5, 0.6) is 5.75 Å². The van der Waals surface area contributed by atoms with E-state index in [0.29, 0.717) is 10.8 Å². The lowest BCUT2D eigenvalue weighted by Crippen LogP contribution is -1.99. The van der Waals surface area contributed by atoms with Crippen LogP contribution in [0.25, 0.3) is 0 Å². The van der Waals surface area contributed by atoms with Gasteiger partial charge in [0.2, 0.25) is 5.82 Å². The number of ether oxygens (including phenoxy) is 1. The van der Waals surface area contributed by atoms with E-state index in [9.17, 15) is 14.5 Å². The first-order valence-corrected chi connectivity index (χ1v) is 5.62. The Morgan fingerprint density at radius 1 is 1.37 bits per heavy atom. The van der Waals surface area contributed by atoms with Crippen molar-refractivity contribution in [1.82, 2.24) is 4.98 Å². The lowest BCUT2D eigenvalue weighted by molar-refractivity contribution is -0.387. The van der Waals surface area contributed by atoms with Crippen molar-refractivity contribution in [2.75, 3.05) is 0 Å². The third kappa shape index (κ3) is 3.38. The molecule has 1 aromatic heterocycles. The SMILES string of the molecule is O=[N+]([O-])c1ccc(OCc2cccc(Cl)n2)cc1F. The monoisotopic (exact) mass is 282 g/mol. The molecule has 0 saturated heterocycles. The summed E-state index contributed by atoms with van der Waals surface area (Å²) in [6.07, 6.45) is 0. The maximum atomic E-state index is 13.3. The molecule has 0 aliphatic heterocycles. The summed E-state index contributed by atoms with van der Waals surface area (Å²) in [7, 11) is 0. The Morgan fingerprint density at radius 2 is 2.16 bits per heavy atom. The first-order valence-electron chi connectivity index (χ1n) is 5.24. The molecular weight excluding hydrogens is 275 g/mol. The van der Waals surface area contributed by atoms with Crippen LogP contribution in [0.15, 0.2) is 36.4 Å². The second-order valence-electron chi connectivity index (χ2n) is 3.61. The molecule has 1 aromatic carbocycles. The standard InChI is InChI=1S/C12H8ClFN2O3/c13-12-3-1-2-8(15-12)7-19-9-4-5-11(16(17)18)10(14)6-9/h1-6H,7H2. The molecule has 0 N–H and O–H groups in total. The molecule has 0 spiro atoms. The van der Waals surface area contributed by atoms with E-state index in [2.05, 4.69) is 4.98 Å². The number of hydrogen-bond donors (Lipinski definition) is 0. The highest BCUT2D eigenvalue weighted by molar-refractivity contribution is 6.29. The quantitative estimate of drug-likeness (QED) is 0.490. The minimum atomic E-state index is -0.943. The zero-order valence-electron chi connectivity index (χ0n) is 9.55. The van der Waals surface area contributed by atoms with Gasteiger partial charge < -0.3 is 4.74 Å². The number of nitro benzene ring substituents is 1. The molecule has 0 saturated carbocycles. The number of aromatic nitrogens is 1. The van der Waals surface area contributed by atoms with Gasteiger partial charge in [0.05, 0.1) is 10.6 Å². The van der Waals surface area contributed by atoms with Crippen molar-refractivity contribution in [3.63, 3.8) is 0 Å². The van der Waals surface area contributed by atoms with Gasteiger partial charge in [-0.25, -0.2) is 4.98 Å². The average molecular weight is 283 g/mol. The van der Waals surface area contributed by atoms with Gasteiger partial charge in [0, 0.05) is 12.1 Å². The topological polar surface area (TPSA) is 65.3 Å². The Bertz CT molecular complexity index is 622. The van der Waals surface area contributed by atoms with Gasteiger partial charge in [0.15, 0.2) is 0 Å². The molecule has 0 aliphatic carbocycles. The summed E-state index contributed by atoms with van der Waals surface area (Å²) in [5.74, 6) is -0.758. The summed E-state index contributed by atoms with van der Waals surface area (Å²) < 4.78 is 18.6. The lowest BCUT2D eigenvalue weighted by atomic mass is 10.3. The summed E-state index contributed by atoms with van der Waals surface area (Å²) in [6, 6.07) is 8.37. The molecular formula is C12H8ClFN2O3. The Morgan fingerprint density at radius 3 is 2.79 bits per heavy atom. The fourth-order valence-electron chi connectivity index (χ4n) is 1.41. The van der Waals surface area contributed by atoms with Gasteiger partial charge in [-0.1, -0.05) is 17.7 Å². The number of nitro groups is 1. The number of nitrogens with zero attached hydrogens (tertiary/aromatic N) is 2. The number of rotatable bonds is 4. The predicted octanol–water partition coefficient (Wildman–Crippen LogP) is 3.36. The number of hydrogen-bond acceptors (Lipinski definition) is 4. The van der Waals surface area contributed by atoms with Crippen LogP contribution in [0.2, 0.25) is 5.15 Å². The molecule has 0 fully saturated rings. The smallest absolute Gasteiger partial charge is 0.305 e. The largest absolute Gasteiger partial charge is 0.487 e. The molecule has 1 heterocycles. The molecule has 0 atom stereocenters. The van der Waals surface area contributed by atoms with Crippen LogP contribution in [-0.2, 0) is 6.61 Å². The van der Waals surface area contributed by atoms with Crippen LogP contribution in [-0.4, -0.2) is 9.91 Å². The first-order chi connectivity index (χ1) is 9.06. The fourth-order valence-corrected chi connectivity index (χ4v) is 1.59. The molecule has 0 radical (unpaired) electrons. The predicted molar refractivity (Wildman–Crippen MR) is 66.6 cm³/mol. The van der Waals surface area contributed by atoms with Gasteiger partial charge >= 0.3 is 5.69 Å². The Balaban J connectivity index is 2.08. The molecule has 5 nitrogen and oxygen atoms in total. The number of pyridine rings is 1. The molecule has 98 valence electrons. The van der Waals surface area contributed by atoms with Gasteiger partial charge in [-0.05, 0) is 18.2 Å². The van der Waals surface area contributed by atoms with Crippen LogP contribution in [0.1, 0.15) is 5.69 Å². The second kappa shape index (κ2) is 5.62. The van der Waals surface area contributed by atoms with Crippen molar-refractivity contribution in [3.05, 3.63) is 63.2 Å². The van der Waals surface area contributed by atoms with Crippen molar-refractivity contribution in [3.8, 4) is 5.75 Å². The van der Waals surface area contributed by atoms with Crippen LogP contribution in [0, 0.1) is 15.9 Å². The van der Waals surface area contributed by atoms with E-state index in [-0.39, 0.29) is 12.4 Å². The number of benzene rings is 1. The molecule has 0 aliphatic rings. The second-order valence-corrected chi connectivity index (χ2v) is 4.00. The van der Waals surface area contributed by atoms with E-state index in [1.807, 2.05) is 0 Å². The highest BCUT2D eigenvalue weighted by atomic mass is 35.5. The van der Waals surface area contributed by atoms with Gasteiger partial charge in [-0.3, -0.25) is 10.1 Å². The van der Waals surface area contributed by atoms with Gasteiger partial charge in [-0.15, -0.1) is 0 Å². The minimum Gasteiger partial charge on any atom is -0.487 e. The molecule has 0 amide bonds. The van der Waals surface area contributed by atoms with Crippen molar-refractivity contribution >= 4 is 17.3 Å². The molecule has 2 rings (SSSR count). The van der Waals surface area contributed by atoms with Gasteiger partial charge in [-0.2, -0.15) is 4.39 Å². The summed E-state index contributed by atoms with van der Waals surface area (Å²) in [4.78, 5) is 13.7. The van der Waals surface area contributed by atoms with Crippen LogP contribution >= 0.6 is 11.6 Å². The van der Waals surface area contributed by atoms with E-state index in [0.717, 1.165) is 12.1 Å². The van der Waals surface area contributed by atoms with E-state index in [4.69, 9.17) is 16.3 Å². The summed E-state index contributed by atoms with van der Waals surface area (Å²) in [6.45, 7) is 0.0951. The van der Waals surface area contributed by atoms with Crippen LogP contribution in [0.3, 0.4) is 0 Å². The first kappa shape index (κ1) is 13.2. The lowest BCUT2D eigenvalue weighted by Gasteiger charge is -2.06. The normalized spacial score (nSPS) is 10.2. The maximum absolute atomic E-state index is 13.3. The zero-order valence-corrected chi connectivity index (χ0v) is 10.3. The van der Waals surface area contributed by atoms with Crippen molar-refractivity contribution in [2.24, 2.45) is 0 Å². The van der Waals surface area contributed by atoms with Crippen molar-refractivity contribution < 1.29 is 14.1 Å². The Hall–Kier alpha value is -2.21. The van der Waals surface area contributed by atoms with E-state index in [1.165, 1.54) is 6.07 Å². The van der Waals surface area contributed by atoms with E-state index < -0.39 is 16.4 Å². The van der Waals surface area contributed by atoms with Crippen molar-refractivity contribution in [1.29, 1.82) is 0 Å². The minimum absolute atomic E-state index is 0.0951. The van der Waals surface area contributed by atoms with Crippen LogP contribution in [0.4, 0.5) is 10.1 Å². The zero-order chi connectivity index (χ0) is 13.8. The third-order valence-corrected chi connectivity index (χ3v) is 2.49. The highest BCUT2D eigenvalue weighted by Crippen LogP contribution is 2.22. The van der Waals surface area contributed by atoms with Gasteiger partial charge in [0.1, 0.15) is 17.5 Å². The molecule has 7 heteroatoms. The van der Waals surface area contributed by atoms with E-state index >= 15 is 0 Å². The third-order valence-electron chi connectivity index (χ3n) is 2.28. The highest BCUT2D eigenvalue weighted by Gasteiger charge is 2.14. The maximum Gasteiger partial charge on any atom is 0.305 e. The average Bonchev–Trinajstić information content (AvgIpc) is 2.36. The van der Waals surface area contributed by atoms with Gasteiger partial charge in [0.25, 0.3) is 0 Å². The van der Waals surface area contributed by atoms with E-state index in [1.54, 1.807) is 18.2 Å². The summed E-state index contributed by atoms with van der Waals surface area (Å²) in [5.41, 5.74) is -0.0144. The fraction of sp³-hybridized carbons (Fsp3) is 0.0833. The molecule has 2 aromatic rings. The summed E-state index contributed by atoms with van der Waals surface area (Å²) >= 11 is 5.71. The van der Waals surface area contributed by atoms with Crippen LogP contribution < -0.4 is 4.74 Å². The van der Waals surface area contributed by atoms with Crippen molar-refractivity contribution in [2.45, 2.75) is 6.61 Å². The Labute approximate surface area is 112 Å². The molecule has 0 bridgehead atoms. The Kier molecular flexibility index (Phi) is 3.91. The molecule has 19 heavy (non-hydrogen) atoms.